The van der Waals surface area contributed by atoms with E-state index >= 15 is 0 Å². The van der Waals surface area contributed by atoms with Crippen LogP contribution in [0.3, 0.4) is 0 Å². The number of fused-ring (bicyclic) bond motifs is 1. The molecule has 0 radical (unpaired) electrons. The molecule has 2 fully saturated rings. The van der Waals surface area contributed by atoms with Crippen LogP contribution >= 0.6 is 0 Å². The largest absolute Gasteiger partial charge is 0.432 e. The normalized spacial score (nSPS) is 25.2. The first-order valence-electron chi connectivity index (χ1n) is 12.1. The van der Waals surface area contributed by atoms with E-state index in [0.29, 0.717) is 11.5 Å². The van der Waals surface area contributed by atoms with Gasteiger partial charge in [-0.15, -0.1) is 0 Å². The lowest BCUT2D eigenvalue weighted by atomic mass is 9.63. The van der Waals surface area contributed by atoms with Gasteiger partial charge in [-0.3, -0.25) is 0 Å². The minimum atomic E-state index is -3.18. The highest BCUT2D eigenvalue weighted by Gasteiger charge is 2.36. The van der Waals surface area contributed by atoms with Crippen LogP contribution in [0.1, 0.15) is 76.2 Å². The number of ether oxygens (including phenoxy) is 1. The average Bonchev–Trinajstić information content (AvgIpc) is 2.78. The minimum absolute atomic E-state index is 0.0511. The first-order chi connectivity index (χ1) is 15.9. The molecule has 0 N–H and O–H groups in total. The minimum Gasteiger partial charge on any atom is -0.432 e. The summed E-state index contributed by atoms with van der Waals surface area (Å²) in [7, 11) is 0. The molecule has 33 heavy (non-hydrogen) atoms. The molecule has 1 nitrogen and oxygen atoms in total. The van der Waals surface area contributed by atoms with E-state index in [4.69, 9.17) is 0 Å². The third-order valence-electron chi connectivity index (χ3n) is 7.66. The molecule has 0 saturated heterocycles. The van der Waals surface area contributed by atoms with Gasteiger partial charge in [-0.05, 0) is 91.2 Å². The van der Waals surface area contributed by atoms with Crippen molar-refractivity contribution < 1.29 is 26.7 Å². The monoisotopic (exact) mass is 466 g/mol. The number of hydrogen-bond donors (Lipinski definition) is 0. The van der Waals surface area contributed by atoms with Crippen LogP contribution in [0.2, 0.25) is 0 Å². The summed E-state index contributed by atoms with van der Waals surface area (Å²) in [5.41, 5.74) is 0.245. The summed E-state index contributed by atoms with van der Waals surface area (Å²) in [6.45, 7) is -0.951. The molecule has 2 aliphatic carbocycles. The molecule has 0 heterocycles. The molecule has 0 spiro atoms. The van der Waals surface area contributed by atoms with E-state index in [1.807, 2.05) is 0 Å². The Labute approximate surface area is 192 Å². The summed E-state index contributed by atoms with van der Waals surface area (Å²) in [6, 6.07) is 5.68. The molecule has 2 aromatic rings. The first kappa shape index (κ1) is 24.0. The average molecular weight is 467 g/mol. The SMILES string of the molecule is CCCCC1CC[C@@H]2C[C@H](c3cc(F)c(-c4ccc(OC(F)F)c(F)c4)c(F)c3)CC[C@@H]2C1. The summed E-state index contributed by atoms with van der Waals surface area (Å²) < 4.78 is 72.8. The number of hydrogen-bond acceptors (Lipinski definition) is 1. The quantitative estimate of drug-likeness (QED) is 0.370. The Hall–Kier alpha value is -2.11. The zero-order chi connectivity index (χ0) is 23.5. The van der Waals surface area contributed by atoms with Gasteiger partial charge in [0, 0.05) is 0 Å². The second-order valence-electron chi connectivity index (χ2n) is 9.73. The summed E-state index contributed by atoms with van der Waals surface area (Å²) >= 11 is 0. The zero-order valence-electron chi connectivity index (χ0n) is 18.9. The molecule has 1 unspecified atom stereocenters. The third kappa shape index (κ3) is 5.52. The summed E-state index contributed by atoms with van der Waals surface area (Å²) in [5, 5.41) is 0. The van der Waals surface area contributed by atoms with Crippen molar-refractivity contribution in [3.8, 4) is 16.9 Å². The highest BCUT2D eigenvalue weighted by molar-refractivity contribution is 5.66. The fourth-order valence-electron chi connectivity index (χ4n) is 6.00. The van der Waals surface area contributed by atoms with Crippen molar-refractivity contribution in [2.75, 3.05) is 0 Å². The van der Waals surface area contributed by atoms with Crippen molar-refractivity contribution in [2.45, 2.75) is 77.2 Å². The van der Waals surface area contributed by atoms with Gasteiger partial charge < -0.3 is 4.74 Å². The van der Waals surface area contributed by atoms with Crippen LogP contribution in [-0.2, 0) is 0 Å². The van der Waals surface area contributed by atoms with E-state index in [-0.39, 0.29) is 17.0 Å². The Balaban J connectivity index is 1.48. The van der Waals surface area contributed by atoms with Crippen molar-refractivity contribution in [3.05, 3.63) is 53.3 Å². The maximum absolute atomic E-state index is 15.0. The van der Waals surface area contributed by atoms with E-state index in [1.165, 1.54) is 56.7 Å². The number of halogens is 5. The predicted molar refractivity (Wildman–Crippen MR) is 119 cm³/mol. The molecular weight excluding hydrogens is 435 g/mol. The van der Waals surface area contributed by atoms with Gasteiger partial charge in [0.2, 0.25) is 0 Å². The van der Waals surface area contributed by atoms with Crippen molar-refractivity contribution >= 4 is 0 Å². The van der Waals surface area contributed by atoms with E-state index in [1.54, 1.807) is 0 Å². The number of alkyl halides is 2. The Morgan fingerprint density at radius 2 is 1.58 bits per heavy atom. The molecule has 180 valence electrons. The molecule has 4 atom stereocenters. The molecule has 0 amide bonds. The van der Waals surface area contributed by atoms with Gasteiger partial charge in [0.05, 0.1) is 5.56 Å². The molecule has 2 aromatic carbocycles. The first-order valence-corrected chi connectivity index (χ1v) is 12.1. The lowest BCUT2D eigenvalue weighted by molar-refractivity contribution is -0.0521. The molecule has 2 saturated carbocycles. The lowest BCUT2D eigenvalue weighted by Crippen LogP contribution is -2.30. The van der Waals surface area contributed by atoms with Gasteiger partial charge in [-0.1, -0.05) is 38.7 Å². The maximum atomic E-state index is 15.0. The zero-order valence-corrected chi connectivity index (χ0v) is 18.9. The highest BCUT2D eigenvalue weighted by atomic mass is 19.3. The second-order valence-corrected chi connectivity index (χ2v) is 9.73. The molecule has 2 aliphatic rings. The number of benzene rings is 2. The summed E-state index contributed by atoms with van der Waals surface area (Å²) in [4.78, 5) is 0. The van der Waals surface area contributed by atoms with Crippen LogP contribution in [0.25, 0.3) is 11.1 Å². The molecule has 0 aliphatic heterocycles. The van der Waals surface area contributed by atoms with Crippen molar-refractivity contribution in [1.82, 2.24) is 0 Å². The third-order valence-corrected chi connectivity index (χ3v) is 7.66. The smallest absolute Gasteiger partial charge is 0.387 e. The van der Waals surface area contributed by atoms with Gasteiger partial charge in [0.25, 0.3) is 0 Å². The van der Waals surface area contributed by atoms with Crippen LogP contribution in [0.4, 0.5) is 22.0 Å². The van der Waals surface area contributed by atoms with Gasteiger partial charge in [0.15, 0.2) is 11.6 Å². The van der Waals surface area contributed by atoms with E-state index in [9.17, 15) is 22.0 Å². The van der Waals surface area contributed by atoms with Crippen LogP contribution in [0.15, 0.2) is 30.3 Å². The fraction of sp³-hybridized carbons (Fsp3) is 0.556. The van der Waals surface area contributed by atoms with E-state index in [0.717, 1.165) is 43.2 Å². The summed E-state index contributed by atoms with van der Waals surface area (Å²) in [6.07, 6.45) is 10.6. The van der Waals surface area contributed by atoms with Crippen molar-refractivity contribution in [2.24, 2.45) is 17.8 Å². The highest BCUT2D eigenvalue weighted by Crippen LogP contribution is 2.49. The van der Waals surface area contributed by atoms with Gasteiger partial charge in [-0.25, -0.2) is 13.2 Å². The number of rotatable bonds is 7. The molecule has 0 aromatic heterocycles. The Bertz CT molecular complexity index is 937. The maximum Gasteiger partial charge on any atom is 0.387 e. The van der Waals surface area contributed by atoms with Gasteiger partial charge >= 0.3 is 6.61 Å². The standard InChI is InChI=1S/C27H31F5O/c1-2-3-4-16-5-6-18-12-19(8-7-17(18)11-16)21-14-23(29)26(24(30)15-21)20-9-10-25(22(28)13-20)33-27(31)32/h9-10,13-19,27H,2-8,11-12H2,1H3/t16?,17-,18-,19-/m1/s1. The van der Waals surface area contributed by atoms with Crippen LogP contribution in [0.5, 0.6) is 5.75 Å². The molecule has 6 heteroatoms. The summed E-state index contributed by atoms with van der Waals surface area (Å²) in [5.74, 6) is -0.998. The van der Waals surface area contributed by atoms with Crippen LogP contribution < -0.4 is 4.74 Å². The van der Waals surface area contributed by atoms with Crippen molar-refractivity contribution in [3.63, 3.8) is 0 Å². The predicted octanol–water partition coefficient (Wildman–Crippen LogP) is 8.86. The van der Waals surface area contributed by atoms with Crippen LogP contribution in [0, 0.1) is 35.2 Å². The Morgan fingerprint density at radius 3 is 2.24 bits per heavy atom. The Morgan fingerprint density at radius 1 is 0.879 bits per heavy atom. The topological polar surface area (TPSA) is 9.23 Å². The van der Waals surface area contributed by atoms with E-state index in [2.05, 4.69) is 11.7 Å². The van der Waals surface area contributed by atoms with Crippen molar-refractivity contribution in [1.29, 1.82) is 0 Å². The lowest BCUT2D eigenvalue weighted by Gasteiger charge is -2.42. The molecular formula is C27H31F5O. The molecule has 4 rings (SSSR count). The Kier molecular flexibility index (Phi) is 7.60. The van der Waals surface area contributed by atoms with Crippen LogP contribution in [-0.4, -0.2) is 6.61 Å². The fourth-order valence-corrected chi connectivity index (χ4v) is 6.00. The molecule has 0 bridgehead atoms. The van der Waals surface area contributed by atoms with E-state index < -0.39 is 29.8 Å². The van der Waals surface area contributed by atoms with Gasteiger partial charge in [-0.2, -0.15) is 8.78 Å². The number of unbranched alkanes of at least 4 members (excludes halogenated alkanes) is 1. The van der Waals surface area contributed by atoms with Gasteiger partial charge in [0.1, 0.15) is 11.6 Å². The second kappa shape index (κ2) is 10.4.